The summed E-state index contributed by atoms with van der Waals surface area (Å²) in [7, 11) is 0. The number of nitro groups is 1. The molecule has 1 saturated carbocycles. The van der Waals surface area contributed by atoms with Gasteiger partial charge in [-0.15, -0.1) is 0 Å². The van der Waals surface area contributed by atoms with Gasteiger partial charge in [0.1, 0.15) is 5.69 Å². The summed E-state index contributed by atoms with van der Waals surface area (Å²) in [5.74, 6) is -0.680. The highest BCUT2D eigenvalue weighted by molar-refractivity contribution is 5.93. The largest absolute Gasteiger partial charge is 0.452 e. The monoisotopic (exact) mass is 383 g/mol. The van der Waals surface area contributed by atoms with Crippen LogP contribution in [0.1, 0.15) is 30.1 Å². The zero-order chi connectivity index (χ0) is 20.1. The van der Waals surface area contributed by atoms with Crippen LogP contribution in [0.25, 0.3) is 0 Å². The Labute approximate surface area is 162 Å². The summed E-state index contributed by atoms with van der Waals surface area (Å²) in [4.78, 5) is 34.8. The highest BCUT2D eigenvalue weighted by Crippen LogP contribution is 2.32. The van der Waals surface area contributed by atoms with E-state index >= 15 is 0 Å². The third kappa shape index (κ3) is 5.06. The zero-order valence-corrected chi connectivity index (χ0v) is 15.4. The number of benzene rings is 2. The second-order valence-electron chi connectivity index (χ2n) is 6.75. The average molecular weight is 383 g/mol. The van der Waals surface area contributed by atoms with Crippen LogP contribution in [0.3, 0.4) is 0 Å². The smallest absolute Gasteiger partial charge is 0.338 e. The lowest BCUT2D eigenvalue weighted by Crippen LogP contribution is -2.37. The molecule has 3 rings (SSSR count). The predicted octanol–water partition coefficient (Wildman–Crippen LogP) is 3.41. The molecule has 0 spiro atoms. The third-order valence-corrected chi connectivity index (χ3v) is 4.54. The van der Waals surface area contributed by atoms with Crippen molar-refractivity contribution in [3.05, 3.63) is 64.2 Å². The van der Waals surface area contributed by atoms with Crippen LogP contribution in [-0.2, 0) is 9.53 Å². The highest BCUT2D eigenvalue weighted by Gasteiger charge is 2.29. The van der Waals surface area contributed by atoms with Crippen molar-refractivity contribution >= 4 is 28.9 Å². The number of rotatable bonds is 8. The summed E-state index contributed by atoms with van der Waals surface area (Å²) in [6.45, 7) is 1.49. The molecule has 8 heteroatoms. The number of nitro benzene ring substituents is 1. The Balaban J connectivity index is 1.64. The first kappa shape index (κ1) is 19.3. The third-order valence-electron chi connectivity index (χ3n) is 4.54. The van der Waals surface area contributed by atoms with Crippen LogP contribution >= 0.6 is 0 Å². The lowest BCUT2D eigenvalue weighted by molar-refractivity contribution is -0.383. The van der Waals surface area contributed by atoms with Gasteiger partial charge in [0, 0.05) is 17.8 Å². The molecule has 8 nitrogen and oxygen atoms in total. The Hall–Kier alpha value is -3.42. The number of para-hydroxylation sites is 1. The molecule has 1 aliphatic carbocycles. The number of hydrogen-bond acceptors (Lipinski definition) is 6. The van der Waals surface area contributed by atoms with Gasteiger partial charge in [-0.05, 0) is 49.9 Å². The summed E-state index contributed by atoms with van der Waals surface area (Å²) < 4.78 is 4.99. The van der Waals surface area contributed by atoms with E-state index in [4.69, 9.17) is 4.74 Å². The minimum atomic E-state index is -0.788. The Morgan fingerprint density at radius 3 is 2.57 bits per heavy atom. The standard InChI is InChI=1S/C20H21N3O5/c1-13(14-7-8-14)21-19(24)12-28-20(25)15-9-10-17(18(11-15)23(26)27)22-16-5-3-2-4-6-16/h2-6,9-11,13-14,22H,7-8,12H2,1H3,(H,21,24)/t13-/m0/s1. The molecule has 2 aromatic rings. The van der Waals surface area contributed by atoms with Gasteiger partial charge in [0.2, 0.25) is 0 Å². The van der Waals surface area contributed by atoms with Gasteiger partial charge in [-0.2, -0.15) is 0 Å². The van der Waals surface area contributed by atoms with E-state index in [9.17, 15) is 19.7 Å². The maximum atomic E-state index is 12.2. The molecule has 1 fully saturated rings. The van der Waals surface area contributed by atoms with Gasteiger partial charge in [0.05, 0.1) is 10.5 Å². The van der Waals surface area contributed by atoms with Crippen LogP contribution in [0.15, 0.2) is 48.5 Å². The quantitative estimate of drug-likeness (QED) is 0.411. The van der Waals surface area contributed by atoms with Gasteiger partial charge in [0.15, 0.2) is 6.61 Å². The maximum absolute atomic E-state index is 12.2. The predicted molar refractivity (Wildman–Crippen MR) is 103 cm³/mol. The van der Waals surface area contributed by atoms with E-state index in [1.807, 2.05) is 13.0 Å². The summed E-state index contributed by atoms with van der Waals surface area (Å²) in [5.41, 5.74) is 0.685. The van der Waals surface area contributed by atoms with Crippen molar-refractivity contribution in [3.8, 4) is 0 Å². The van der Waals surface area contributed by atoms with E-state index in [2.05, 4.69) is 10.6 Å². The van der Waals surface area contributed by atoms with Gasteiger partial charge in [-0.25, -0.2) is 4.79 Å². The fourth-order valence-corrected chi connectivity index (χ4v) is 2.82. The summed E-state index contributed by atoms with van der Waals surface area (Å²) in [6.07, 6.45) is 2.18. The van der Waals surface area contributed by atoms with E-state index in [1.165, 1.54) is 12.1 Å². The van der Waals surface area contributed by atoms with Crippen LogP contribution in [0, 0.1) is 16.0 Å². The highest BCUT2D eigenvalue weighted by atomic mass is 16.6. The number of nitrogens with one attached hydrogen (secondary N) is 2. The maximum Gasteiger partial charge on any atom is 0.338 e. The molecular weight excluding hydrogens is 362 g/mol. The lowest BCUT2D eigenvalue weighted by Gasteiger charge is -2.13. The number of amides is 1. The van der Waals surface area contributed by atoms with Gasteiger partial charge in [-0.1, -0.05) is 18.2 Å². The molecule has 1 atom stereocenters. The number of carbonyl (C=O) groups excluding carboxylic acids is 2. The van der Waals surface area contributed by atoms with Crippen molar-refractivity contribution in [1.82, 2.24) is 5.32 Å². The number of ether oxygens (including phenoxy) is 1. The zero-order valence-electron chi connectivity index (χ0n) is 15.4. The molecule has 0 unspecified atom stereocenters. The Kier molecular flexibility index (Phi) is 5.88. The van der Waals surface area contributed by atoms with Crippen molar-refractivity contribution in [2.24, 2.45) is 5.92 Å². The van der Waals surface area contributed by atoms with Crippen LogP contribution in [0.2, 0.25) is 0 Å². The van der Waals surface area contributed by atoms with E-state index in [-0.39, 0.29) is 28.9 Å². The first-order chi connectivity index (χ1) is 13.4. The number of carbonyl (C=O) groups is 2. The molecule has 2 N–H and O–H groups in total. The summed E-state index contributed by atoms with van der Waals surface area (Å²) in [6, 6.07) is 13.0. The Morgan fingerprint density at radius 1 is 1.21 bits per heavy atom. The van der Waals surface area contributed by atoms with Crippen molar-refractivity contribution < 1.29 is 19.2 Å². The van der Waals surface area contributed by atoms with E-state index in [0.717, 1.165) is 18.9 Å². The van der Waals surface area contributed by atoms with E-state index in [1.54, 1.807) is 24.3 Å². The van der Waals surface area contributed by atoms with E-state index in [0.29, 0.717) is 11.6 Å². The first-order valence-corrected chi connectivity index (χ1v) is 9.01. The van der Waals surface area contributed by atoms with Gasteiger partial charge >= 0.3 is 5.97 Å². The molecule has 0 aromatic heterocycles. The van der Waals surface area contributed by atoms with E-state index < -0.39 is 17.5 Å². The van der Waals surface area contributed by atoms with Crippen molar-refractivity contribution in [1.29, 1.82) is 0 Å². The van der Waals surface area contributed by atoms with Gasteiger partial charge < -0.3 is 15.4 Å². The van der Waals surface area contributed by atoms with Crippen LogP contribution < -0.4 is 10.6 Å². The van der Waals surface area contributed by atoms with Crippen LogP contribution in [0.5, 0.6) is 0 Å². The number of hydrogen-bond donors (Lipinski definition) is 2. The Morgan fingerprint density at radius 2 is 1.93 bits per heavy atom. The van der Waals surface area contributed by atoms with Gasteiger partial charge in [-0.3, -0.25) is 14.9 Å². The molecular formula is C20H21N3O5. The number of anilines is 2. The number of nitrogens with zero attached hydrogens (tertiary/aromatic N) is 1. The van der Waals surface area contributed by atoms with Crippen LogP contribution in [0.4, 0.5) is 17.1 Å². The molecule has 0 saturated heterocycles. The second-order valence-corrected chi connectivity index (χ2v) is 6.75. The molecule has 2 aromatic carbocycles. The molecule has 0 radical (unpaired) electrons. The SMILES string of the molecule is C[C@H](NC(=O)COC(=O)c1ccc(Nc2ccccc2)c([N+](=O)[O-])c1)C1CC1. The van der Waals surface area contributed by atoms with Crippen molar-refractivity contribution in [3.63, 3.8) is 0 Å². The molecule has 146 valence electrons. The molecule has 28 heavy (non-hydrogen) atoms. The molecule has 0 aliphatic heterocycles. The van der Waals surface area contributed by atoms with Gasteiger partial charge in [0.25, 0.3) is 11.6 Å². The lowest BCUT2D eigenvalue weighted by atomic mass is 10.1. The average Bonchev–Trinajstić information content (AvgIpc) is 3.52. The second kappa shape index (κ2) is 8.51. The fourth-order valence-electron chi connectivity index (χ4n) is 2.82. The molecule has 1 aliphatic rings. The van der Waals surface area contributed by atoms with Crippen molar-refractivity contribution in [2.45, 2.75) is 25.8 Å². The normalized spacial score (nSPS) is 14.0. The Bertz CT molecular complexity index is 881. The molecule has 0 bridgehead atoms. The molecule has 1 amide bonds. The molecule has 0 heterocycles. The number of esters is 1. The minimum absolute atomic E-state index is 0.00773. The van der Waals surface area contributed by atoms with Crippen LogP contribution in [-0.4, -0.2) is 29.4 Å². The summed E-state index contributed by atoms with van der Waals surface area (Å²) in [5, 5.41) is 17.1. The topological polar surface area (TPSA) is 111 Å². The van der Waals surface area contributed by atoms with Crippen molar-refractivity contribution in [2.75, 3.05) is 11.9 Å². The minimum Gasteiger partial charge on any atom is -0.452 e. The first-order valence-electron chi connectivity index (χ1n) is 9.01. The fraction of sp³-hybridized carbons (Fsp3) is 0.300. The summed E-state index contributed by atoms with van der Waals surface area (Å²) >= 11 is 0.